The summed E-state index contributed by atoms with van der Waals surface area (Å²) in [6, 6.07) is 0. The van der Waals surface area contributed by atoms with E-state index in [1.807, 2.05) is 0 Å². The van der Waals surface area contributed by atoms with Crippen molar-refractivity contribution in [1.82, 2.24) is 9.80 Å². The van der Waals surface area contributed by atoms with Gasteiger partial charge >= 0.3 is 0 Å². The minimum absolute atomic E-state index is 1.08. The second-order valence-corrected chi connectivity index (χ2v) is 3.73. The van der Waals surface area contributed by atoms with Gasteiger partial charge in [-0.2, -0.15) is 0 Å². The third-order valence-corrected chi connectivity index (χ3v) is 2.87. The Morgan fingerprint density at radius 2 is 2.08 bits per heavy atom. The Balaban J connectivity index is 1.95. The topological polar surface area (TPSA) is 6.48 Å². The van der Waals surface area contributed by atoms with Crippen LogP contribution in [0.1, 0.15) is 19.8 Å². The Morgan fingerprint density at radius 1 is 1.31 bits per heavy atom. The third-order valence-electron chi connectivity index (χ3n) is 2.87. The molecule has 72 valence electrons. The first kappa shape index (κ1) is 8.67. The standard InChI is InChI=1S/C11H18N2/c1-2-12-9-5-11(6-10-12)13-7-3-4-8-13/h5-6,9H,2-4,7-8,10H2,1H3. The molecule has 2 heterocycles. The van der Waals surface area contributed by atoms with E-state index in [0.717, 1.165) is 13.1 Å². The van der Waals surface area contributed by atoms with Gasteiger partial charge in [0.2, 0.25) is 0 Å². The predicted octanol–water partition coefficient (Wildman–Crippen LogP) is 1.82. The van der Waals surface area contributed by atoms with Gasteiger partial charge in [0, 0.05) is 38.1 Å². The number of likely N-dealkylation sites (N-methyl/N-ethyl adjacent to an activating group) is 1. The fourth-order valence-electron chi connectivity index (χ4n) is 1.97. The summed E-state index contributed by atoms with van der Waals surface area (Å²) in [5.74, 6) is 0. The average molecular weight is 178 g/mol. The minimum atomic E-state index is 1.08. The number of hydrogen-bond acceptors (Lipinski definition) is 2. The molecular formula is C11H18N2. The van der Waals surface area contributed by atoms with Crippen LogP contribution in [0.5, 0.6) is 0 Å². The van der Waals surface area contributed by atoms with E-state index in [0.29, 0.717) is 0 Å². The second-order valence-electron chi connectivity index (χ2n) is 3.73. The number of nitrogens with zero attached hydrogens (tertiary/aromatic N) is 2. The molecular weight excluding hydrogens is 160 g/mol. The SMILES string of the molecule is CCN1C=CC(N2CCCC2)=CC1. The first-order valence-electron chi connectivity index (χ1n) is 5.27. The van der Waals surface area contributed by atoms with Gasteiger partial charge in [-0.05, 0) is 31.9 Å². The van der Waals surface area contributed by atoms with Crippen molar-refractivity contribution in [2.75, 3.05) is 26.2 Å². The van der Waals surface area contributed by atoms with Gasteiger partial charge in [-0.1, -0.05) is 0 Å². The number of hydrogen-bond donors (Lipinski definition) is 0. The molecule has 2 rings (SSSR count). The Kier molecular flexibility index (Phi) is 2.57. The van der Waals surface area contributed by atoms with E-state index >= 15 is 0 Å². The summed E-state index contributed by atoms with van der Waals surface area (Å²) in [6.07, 6.45) is 9.53. The van der Waals surface area contributed by atoms with E-state index < -0.39 is 0 Å². The summed E-state index contributed by atoms with van der Waals surface area (Å²) < 4.78 is 0. The average Bonchev–Trinajstić information content (AvgIpc) is 2.71. The molecule has 0 amide bonds. The maximum absolute atomic E-state index is 2.49. The zero-order valence-corrected chi connectivity index (χ0v) is 8.37. The van der Waals surface area contributed by atoms with E-state index in [1.165, 1.54) is 31.6 Å². The van der Waals surface area contributed by atoms with Crippen molar-refractivity contribution in [1.29, 1.82) is 0 Å². The van der Waals surface area contributed by atoms with Crippen molar-refractivity contribution in [3.8, 4) is 0 Å². The molecule has 2 aliphatic rings. The van der Waals surface area contributed by atoms with Gasteiger partial charge in [0.1, 0.15) is 0 Å². The lowest BCUT2D eigenvalue weighted by Crippen LogP contribution is -2.25. The van der Waals surface area contributed by atoms with Gasteiger partial charge < -0.3 is 9.80 Å². The summed E-state index contributed by atoms with van der Waals surface area (Å²) in [7, 11) is 0. The first-order chi connectivity index (χ1) is 6.40. The quantitative estimate of drug-likeness (QED) is 0.636. The highest BCUT2D eigenvalue weighted by Crippen LogP contribution is 2.17. The van der Waals surface area contributed by atoms with Gasteiger partial charge in [-0.15, -0.1) is 0 Å². The Bertz CT molecular complexity index is 224. The highest BCUT2D eigenvalue weighted by Gasteiger charge is 2.14. The van der Waals surface area contributed by atoms with Crippen molar-refractivity contribution in [3.63, 3.8) is 0 Å². The van der Waals surface area contributed by atoms with Crippen LogP contribution in [0.3, 0.4) is 0 Å². The molecule has 0 spiro atoms. The van der Waals surface area contributed by atoms with Crippen LogP contribution >= 0.6 is 0 Å². The highest BCUT2D eigenvalue weighted by molar-refractivity contribution is 5.22. The smallest absolute Gasteiger partial charge is 0.0376 e. The van der Waals surface area contributed by atoms with Crippen LogP contribution < -0.4 is 0 Å². The molecule has 0 aliphatic carbocycles. The van der Waals surface area contributed by atoms with Gasteiger partial charge in [0.15, 0.2) is 0 Å². The van der Waals surface area contributed by atoms with Crippen molar-refractivity contribution >= 4 is 0 Å². The molecule has 2 heteroatoms. The summed E-state index contributed by atoms with van der Waals surface area (Å²) in [4.78, 5) is 4.81. The molecule has 0 aromatic heterocycles. The zero-order chi connectivity index (χ0) is 9.10. The lowest BCUT2D eigenvalue weighted by atomic mass is 10.2. The number of rotatable bonds is 2. The van der Waals surface area contributed by atoms with Gasteiger partial charge in [0.05, 0.1) is 0 Å². The minimum Gasteiger partial charge on any atom is -0.374 e. The maximum atomic E-state index is 2.49. The second kappa shape index (κ2) is 3.86. The van der Waals surface area contributed by atoms with Crippen LogP contribution in [0.4, 0.5) is 0 Å². The Morgan fingerprint density at radius 3 is 2.62 bits per heavy atom. The molecule has 2 aliphatic heterocycles. The van der Waals surface area contributed by atoms with Gasteiger partial charge in [-0.3, -0.25) is 0 Å². The van der Waals surface area contributed by atoms with Crippen molar-refractivity contribution < 1.29 is 0 Å². The largest absolute Gasteiger partial charge is 0.374 e. The molecule has 0 atom stereocenters. The van der Waals surface area contributed by atoms with Crippen LogP contribution in [-0.4, -0.2) is 36.0 Å². The van der Waals surface area contributed by atoms with Gasteiger partial charge in [0.25, 0.3) is 0 Å². The molecule has 0 aromatic rings. The van der Waals surface area contributed by atoms with E-state index in [1.54, 1.807) is 0 Å². The summed E-state index contributed by atoms with van der Waals surface area (Å²) >= 11 is 0. The molecule has 0 aromatic carbocycles. The van der Waals surface area contributed by atoms with Crippen LogP contribution in [0, 0.1) is 0 Å². The van der Waals surface area contributed by atoms with Crippen LogP contribution in [-0.2, 0) is 0 Å². The van der Waals surface area contributed by atoms with Crippen molar-refractivity contribution in [2.45, 2.75) is 19.8 Å². The van der Waals surface area contributed by atoms with E-state index in [4.69, 9.17) is 0 Å². The number of likely N-dealkylation sites (tertiary alicyclic amines) is 1. The van der Waals surface area contributed by atoms with Crippen LogP contribution in [0.2, 0.25) is 0 Å². The fourth-order valence-corrected chi connectivity index (χ4v) is 1.97. The Labute approximate surface area is 80.5 Å². The number of allylic oxidation sites excluding steroid dienone is 1. The molecule has 2 nitrogen and oxygen atoms in total. The monoisotopic (exact) mass is 178 g/mol. The van der Waals surface area contributed by atoms with Crippen molar-refractivity contribution in [3.05, 3.63) is 24.0 Å². The lowest BCUT2D eigenvalue weighted by molar-refractivity contribution is 0.396. The molecule has 13 heavy (non-hydrogen) atoms. The van der Waals surface area contributed by atoms with Crippen molar-refractivity contribution in [2.24, 2.45) is 0 Å². The van der Waals surface area contributed by atoms with Crippen LogP contribution in [0.25, 0.3) is 0 Å². The molecule has 0 unspecified atom stereocenters. The Hall–Kier alpha value is -0.920. The fraction of sp³-hybridized carbons (Fsp3) is 0.636. The van der Waals surface area contributed by atoms with E-state index in [2.05, 4.69) is 35.1 Å². The molecule has 1 fully saturated rings. The molecule has 0 radical (unpaired) electrons. The third kappa shape index (κ3) is 1.87. The summed E-state index contributed by atoms with van der Waals surface area (Å²) in [6.45, 7) is 6.89. The van der Waals surface area contributed by atoms with E-state index in [9.17, 15) is 0 Å². The van der Waals surface area contributed by atoms with Gasteiger partial charge in [-0.25, -0.2) is 0 Å². The normalized spacial score (nSPS) is 22.4. The molecule has 1 saturated heterocycles. The summed E-state index contributed by atoms with van der Waals surface area (Å²) in [5.41, 5.74) is 1.43. The van der Waals surface area contributed by atoms with E-state index in [-0.39, 0.29) is 0 Å². The molecule has 0 N–H and O–H groups in total. The summed E-state index contributed by atoms with van der Waals surface area (Å²) in [5, 5.41) is 0. The molecule has 0 saturated carbocycles. The first-order valence-corrected chi connectivity index (χ1v) is 5.27. The lowest BCUT2D eigenvalue weighted by Gasteiger charge is -2.26. The molecule has 0 bridgehead atoms. The highest BCUT2D eigenvalue weighted by atomic mass is 15.2. The zero-order valence-electron chi connectivity index (χ0n) is 8.37. The van der Waals surface area contributed by atoms with Crippen LogP contribution in [0.15, 0.2) is 24.0 Å². The predicted molar refractivity (Wildman–Crippen MR) is 55.3 cm³/mol. The maximum Gasteiger partial charge on any atom is 0.0376 e.